The summed E-state index contributed by atoms with van der Waals surface area (Å²) in [6, 6.07) is 4.44. The van der Waals surface area contributed by atoms with Gasteiger partial charge in [-0.3, -0.25) is 10.1 Å². The van der Waals surface area contributed by atoms with Gasteiger partial charge in [-0.05, 0) is 13.0 Å². The lowest BCUT2D eigenvalue weighted by Crippen LogP contribution is -1.95. The topological polar surface area (TPSA) is 79.8 Å². The van der Waals surface area contributed by atoms with E-state index in [4.69, 9.17) is 5.26 Å². The van der Waals surface area contributed by atoms with Crippen LogP contribution in [0.15, 0.2) is 12.1 Å². The van der Waals surface area contributed by atoms with Gasteiger partial charge in [0.1, 0.15) is 6.07 Å². The smallest absolute Gasteiger partial charge is 0.258 e. The van der Waals surface area contributed by atoms with E-state index in [2.05, 4.69) is 4.98 Å². The highest BCUT2D eigenvalue weighted by atomic mass is 16.6. The van der Waals surface area contributed by atoms with Crippen molar-refractivity contribution in [3.8, 4) is 6.07 Å². The normalized spacial score (nSPS) is 9.00. The first-order chi connectivity index (χ1) is 5.65. The Hall–Kier alpha value is -1.96. The molecule has 1 heterocycles. The van der Waals surface area contributed by atoms with Gasteiger partial charge in [0.2, 0.25) is 5.69 Å². The van der Waals surface area contributed by atoms with Gasteiger partial charge in [-0.2, -0.15) is 5.26 Å². The van der Waals surface area contributed by atoms with Crippen LogP contribution in [0.2, 0.25) is 0 Å². The first-order valence-corrected chi connectivity index (χ1v) is 3.17. The Kier molecular flexibility index (Phi) is 2.01. The predicted molar refractivity (Wildman–Crippen MR) is 40.3 cm³/mol. The highest BCUT2D eigenvalue weighted by molar-refractivity contribution is 5.43. The summed E-state index contributed by atoms with van der Waals surface area (Å²) in [5, 5.41) is 18.8. The van der Waals surface area contributed by atoms with Crippen molar-refractivity contribution in [3.63, 3.8) is 0 Å². The quantitative estimate of drug-likeness (QED) is 0.459. The van der Waals surface area contributed by atoms with Crippen LogP contribution in [0, 0.1) is 28.4 Å². The molecule has 0 fully saturated rings. The molecule has 0 N–H and O–H groups in total. The Morgan fingerprint density at radius 3 is 2.83 bits per heavy atom. The van der Waals surface area contributed by atoms with Crippen molar-refractivity contribution in [2.24, 2.45) is 0 Å². The third-order valence-corrected chi connectivity index (χ3v) is 1.32. The van der Waals surface area contributed by atoms with E-state index < -0.39 is 4.92 Å². The molecule has 0 aliphatic heterocycles. The average Bonchev–Trinajstić information content (AvgIpc) is 2.03. The molecule has 1 aromatic heterocycles. The lowest BCUT2D eigenvalue weighted by atomic mass is 10.3. The number of nitriles is 1. The molecule has 1 rings (SSSR count). The second-order valence-electron chi connectivity index (χ2n) is 2.19. The maximum Gasteiger partial charge on any atom is 0.305 e. The maximum atomic E-state index is 10.3. The van der Waals surface area contributed by atoms with Crippen molar-refractivity contribution in [1.82, 2.24) is 4.98 Å². The number of nitrogens with zero attached hydrogens (tertiary/aromatic N) is 3. The first-order valence-electron chi connectivity index (χ1n) is 3.17. The molecule has 1 aromatic rings. The summed E-state index contributed by atoms with van der Waals surface area (Å²) in [6.45, 7) is 1.67. The van der Waals surface area contributed by atoms with Crippen molar-refractivity contribution in [1.29, 1.82) is 5.26 Å². The van der Waals surface area contributed by atoms with Gasteiger partial charge < -0.3 is 0 Å². The summed E-state index contributed by atoms with van der Waals surface area (Å²) in [4.78, 5) is 13.4. The van der Waals surface area contributed by atoms with Crippen LogP contribution in [0.3, 0.4) is 0 Å². The molecule has 0 saturated carbocycles. The van der Waals surface area contributed by atoms with Gasteiger partial charge in [-0.25, -0.2) is 4.98 Å². The van der Waals surface area contributed by atoms with Crippen LogP contribution in [0.1, 0.15) is 11.4 Å². The van der Waals surface area contributed by atoms with E-state index in [1.54, 1.807) is 13.0 Å². The molecule has 0 spiro atoms. The fourth-order valence-electron chi connectivity index (χ4n) is 0.779. The van der Waals surface area contributed by atoms with Crippen molar-refractivity contribution in [2.45, 2.75) is 6.92 Å². The zero-order valence-corrected chi connectivity index (χ0v) is 6.31. The molecule has 0 aromatic carbocycles. The third kappa shape index (κ3) is 1.37. The van der Waals surface area contributed by atoms with Gasteiger partial charge in [-0.15, -0.1) is 0 Å². The molecule has 0 bridgehead atoms. The van der Waals surface area contributed by atoms with E-state index >= 15 is 0 Å². The lowest BCUT2D eigenvalue weighted by Gasteiger charge is -1.93. The number of aromatic nitrogens is 1. The van der Waals surface area contributed by atoms with Crippen molar-refractivity contribution >= 4 is 5.69 Å². The summed E-state index contributed by atoms with van der Waals surface area (Å²) >= 11 is 0. The number of pyridine rings is 1. The van der Waals surface area contributed by atoms with Gasteiger partial charge >= 0.3 is 5.69 Å². The van der Waals surface area contributed by atoms with Crippen LogP contribution in [-0.4, -0.2) is 9.91 Å². The molecule has 0 unspecified atom stereocenters. The standard InChI is InChI=1S/C7H5N3O2/c1-5-2-3-7(10(11)12)6(4-8)9-5/h2-3H,1H3. The Morgan fingerprint density at radius 1 is 1.67 bits per heavy atom. The molecule has 0 atom stereocenters. The second kappa shape index (κ2) is 2.96. The molecule has 0 aliphatic rings. The average molecular weight is 163 g/mol. The second-order valence-corrected chi connectivity index (χ2v) is 2.19. The molecule has 5 nitrogen and oxygen atoms in total. The fraction of sp³-hybridized carbons (Fsp3) is 0.143. The summed E-state index contributed by atoms with van der Waals surface area (Å²) in [5.74, 6) is 0. The highest BCUT2D eigenvalue weighted by Crippen LogP contribution is 2.14. The Labute approximate surface area is 68.4 Å². The highest BCUT2D eigenvalue weighted by Gasteiger charge is 2.13. The third-order valence-electron chi connectivity index (χ3n) is 1.32. The van der Waals surface area contributed by atoms with Crippen LogP contribution < -0.4 is 0 Å². The van der Waals surface area contributed by atoms with Crippen LogP contribution in [0.25, 0.3) is 0 Å². The maximum absolute atomic E-state index is 10.3. The largest absolute Gasteiger partial charge is 0.305 e. The minimum absolute atomic E-state index is 0.139. The van der Waals surface area contributed by atoms with E-state index in [9.17, 15) is 10.1 Å². The van der Waals surface area contributed by atoms with Crippen molar-refractivity contribution in [2.75, 3.05) is 0 Å². The predicted octanol–water partition coefficient (Wildman–Crippen LogP) is 1.17. The van der Waals surface area contributed by atoms with Crippen molar-refractivity contribution < 1.29 is 4.92 Å². The molecular formula is C7H5N3O2. The summed E-state index contributed by atoms with van der Waals surface area (Å²) in [7, 11) is 0. The summed E-state index contributed by atoms with van der Waals surface area (Å²) in [6.07, 6.45) is 0. The molecule has 5 heteroatoms. The molecule has 60 valence electrons. The summed E-state index contributed by atoms with van der Waals surface area (Å²) < 4.78 is 0. The van der Waals surface area contributed by atoms with Gasteiger partial charge in [-0.1, -0.05) is 0 Å². The molecular weight excluding hydrogens is 158 g/mol. The van der Waals surface area contributed by atoms with E-state index in [1.807, 2.05) is 0 Å². The van der Waals surface area contributed by atoms with Gasteiger partial charge in [0, 0.05) is 11.8 Å². The molecule has 12 heavy (non-hydrogen) atoms. The minimum atomic E-state index is -0.620. The Bertz CT molecular complexity index is 367. The van der Waals surface area contributed by atoms with Crippen LogP contribution in [0.5, 0.6) is 0 Å². The number of nitro groups is 1. The molecule has 0 aliphatic carbocycles. The Morgan fingerprint density at radius 2 is 2.33 bits per heavy atom. The van der Waals surface area contributed by atoms with Crippen molar-refractivity contribution in [3.05, 3.63) is 33.6 Å². The zero-order chi connectivity index (χ0) is 9.14. The minimum Gasteiger partial charge on any atom is -0.258 e. The number of aryl methyl sites for hydroxylation is 1. The van der Waals surface area contributed by atoms with E-state index in [0.717, 1.165) is 0 Å². The number of hydrogen-bond acceptors (Lipinski definition) is 4. The summed E-state index contributed by atoms with van der Waals surface area (Å²) in [5.41, 5.74) is 0.209. The Balaban J connectivity index is 3.32. The molecule has 0 saturated heterocycles. The molecule has 0 amide bonds. The number of rotatable bonds is 1. The van der Waals surface area contributed by atoms with E-state index in [1.165, 1.54) is 12.1 Å². The van der Waals surface area contributed by atoms with E-state index in [0.29, 0.717) is 5.69 Å². The lowest BCUT2D eigenvalue weighted by molar-refractivity contribution is -0.385. The molecule has 0 radical (unpaired) electrons. The van der Waals surface area contributed by atoms with Gasteiger partial charge in [0.15, 0.2) is 0 Å². The SMILES string of the molecule is Cc1ccc([N+](=O)[O-])c(C#N)n1. The van der Waals surface area contributed by atoms with Crippen LogP contribution >= 0.6 is 0 Å². The van der Waals surface area contributed by atoms with Crippen LogP contribution in [0.4, 0.5) is 5.69 Å². The van der Waals surface area contributed by atoms with Gasteiger partial charge in [0.25, 0.3) is 0 Å². The zero-order valence-electron chi connectivity index (χ0n) is 6.31. The first kappa shape index (κ1) is 8.14. The van der Waals surface area contributed by atoms with Crippen LogP contribution in [-0.2, 0) is 0 Å². The fourth-order valence-corrected chi connectivity index (χ4v) is 0.779. The monoisotopic (exact) mass is 163 g/mol. The number of hydrogen-bond donors (Lipinski definition) is 0. The van der Waals surface area contributed by atoms with Gasteiger partial charge in [0.05, 0.1) is 4.92 Å². The van der Waals surface area contributed by atoms with E-state index in [-0.39, 0.29) is 11.4 Å².